The van der Waals surface area contributed by atoms with E-state index in [1.54, 1.807) is 34.1 Å². The summed E-state index contributed by atoms with van der Waals surface area (Å²) < 4.78 is 31.7. The Bertz CT molecular complexity index is 940. The molecule has 0 fully saturated rings. The average Bonchev–Trinajstić information content (AvgIpc) is 2.73. The van der Waals surface area contributed by atoms with E-state index in [4.69, 9.17) is 20.1 Å². The van der Waals surface area contributed by atoms with Gasteiger partial charge in [0.05, 0.1) is 13.1 Å². The van der Waals surface area contributed by atoms with Crippen molar-refractivity contribution in [3.05, 3.63) is 65.7 Å². The third-order valence-electron chi connectivity index (χ3n) is 4.33. The number of benzene rings is 2. The van der Waals surface area contributed by atoms with Gasteiger partial charge in [0.1, 0.15) is 5.75 Å². The second-order valence-corrected chi connectivity index (χ2v) is 7.13. The van der Waals surface area contributed by atoms with E-state index in [1.807, 2.05) is 30.3 Å². The molecule has 0 bridgehead atoms. The highest BCUT2D eigenvalue weighted by Crippen LogP contribution is 2.18. The molecule has 0 aliphatic rings. The normalized spacial score (nSPS) is 11.1. The van der Waals surface area contributed by atoms with Crippen LogP contribution in [0.25, 0.3) is 0 Å². The Kier molecular flexibility index (Phi) is 11.5. The molecule has 186 valence electrons. The molecular weight excluding hydrogens is 461 g/mol. The molecule has 12 heteroatoms. The molecule has 0 saturated carbocycles. The van der Waals surface area contributed by atoms with Crippen molar-refractivity contribution in [1.29, 1.82) is 0 Å². The average molecular weight is 486 g/mol. The molecule has 0 unspecified atom stereocenters. The third kappa shape index (κ3) is 11.8. The standard InChI is InChI=1S/C20H24N2O5.C2HF3O2/c23-18-9-5-4-8-17(18)13-22(15-20(26)27)11-10-21(14-19(24)25)12-16-6-2-1-3-7-16;3-2(4,5)1(6)7/h1-9,23H,10-15H2,(H,24,25)(H,26,27);(H,6,7). The third-order valence-corrected chi connectivity index (χ3v) is 4.33. The van der Waals surface area contributed by atoms with Crippen LogP contribution < -0.4 is 0 Å². The van der Waals surface area contributed by atoms with E-state index >= 15 is 0 Å². The summed E-state index contributed by atoms with van der Waals surface area (Å²) in [6, 6.07) is 16.3. The molecule has 0 aromatic heterocycles. The van der Waals surface area contributed by atoms with Gasteiger partial charge in [-0.25, -0.2) is 4.79 Å². The van der Waals surface area contributed by atoms with Crippen LogP contribution in [-0.2, 0) is 27.5 Å². The van der Waals surface area contributed by atoms with E-state index < -0.39 is 24.1 Å². The molecule has 0 saturated heterocycles. The molecule has 0 aliphatic heterocycles. The second kappa shape index (κ2) is 13.8. The van der Waals surface area contributed by atoms with Gasteiger partial charge in [0, 0.05) is 31.7 Å². The summed E-state index contributed by atoms with van der Waals surface area (Å²) in [6.07, 6.45) is -5.08. The Morgan fingerprint density at radius 1 is 0.735 bits per heavy atom. The number of nitrogens with zero attached hydrogens (tertiary/aromatic N) is 2. The van der Waals surface area contributed by atoms with Gasteiger partial charge in [0.2, 0.25) is 0 Å². The summed E-state index contributed by atoms with van der Waals surface area (Å²) in [5, 5.41) is 35.4. The van der Waals surface area contributed by atoms with Crippen molar-refractivity contribution >= 4 is 17.9 Å². The number of aromatic hydroxyl groups is 1. The summed E-state index contributed by atoms with van der Waals surface area (Å²) >= 11 is 0. The van der Waals surface area contributed by atoms with E-state index in [1.165, 1.54) is 0 Å². The Labute approximate surface area is 193 Å². The number of alkyl halides is 3. The monoisotopic (exact) mass is 486 g/mol. The van der Waals surface area contributed by atoms with Gasteiger partial charge in [-0.2, -0.15) is 13.2 Å². The molecule has 9 nitrogen and oxygen atoms in total. The number of para-hydroxylation sites is 1. The topological polar surface area (TPSA) is 139 Å². The minimum Gasteiger partial charge on any atom is -0.508 e. The van der Waals surface area contributed by atoms with E-state index in [0.717, 1.165) is 5.56 Å². The highest BCUT2D eigenvalue weighted by Gasteiger charge is 2.38. The number of aliphatic carboxylic acids is 3. The number of phenols is 1. The number of rotatable bonds is 11. The van der Waals surface area contributed by atoms with Crippen LogP contribution in [0.3, 0.4) is 0 Å². The number of halogens is 3. The van der Waals surface area contributed by atoms with E-state index in [9.17, 15) is 27.9 Å². The number of carboxylic acids is 3. The van der Waals surface area contributed by atoms with Gasteiger partial charge in [-0.05, 0) is 11.6 Å². The molecule has 34 heavy (non-hydrogen) atoms. The summed E-state index contributed by atoms with van der Waals surface area (Å²) in [5.74, 6) is -4.55. The molecule has 0 radical (unpaired) electrons. The van der Waals surface area contributed by atoms with Gasteiger partial charge in [-0.15, -0.1) is 0 Å². The molecule has 0 amide bonds. The minimum atomic E-state index is -5.08. The lowest BCUT2D eigenvalue weighted by Gasteiger charge is -2.26. The highest BCUT2D eigenvalue weighted by molar-refractivity contribution is 5.73. The van der Waals surface area contributed by atoms with Gasteiger partial charge < -0.3 is 20.4 Å². The summed E-state index contributed by atoms with van der Waals surface area (Å²) in [7, 11) is 0. The summed E-state index contributed by atoms with van der Waals surface area (Å²) in [5.41, 5.74) is 1.62. The molecule has 4 N–H and O–H groups in total. The van der Waals surface area contributed by atoms with Crippen LogP contribution in [0, 0.1) is 0 Å². The van der Waals surface area contributed by atoms with E-state index in [-0.39, 0.29) is 25.4 Å². The van der Waals surface area contributed by atoms with Gasteiger partial charge in [-0.1, -0.05) is 48.5 Å². The lowest BCUT2D eigenvalue weighted by Crippen LogP contribution is -2.39. The van der Waals surface area contributed by atoms with Crippen LogP contribution in [0.4, 0.5) is 13.2 Å². The fraction of sp³-hybridized carbons (Fsp3) is 0.318. The lowest BCUT2D eigenvalue weighted by atomic mass is 10.2. The molecule has 0 atom stereocenters. The SMILES string of the molecule is O=C(O)C(F)(F)F.O=C(O)CN(CCN(CC(=O)O)Cc1ccccc1O)Cc1ccccc1. The van der Waals surface area contributed by atoms with Crippen LogP contribution in [0.2, 0.25) is 0 Å². The Morgan fingerprint density at radius 3 is 1.62 bits per heavy atom. The van der Waals surface area contributed by atoms with Crippen LogP contribution in [0.5, 0.6) is 5.75 Å². The molecule has 0 heterocycles. The predicted molar refractivity (Wildman–Crippen MR) is 114 cm³/mol. The Balaban J connectivity index is 0.000000718. The molecule has 0 spiro atoms. The van der Waals surface area contributed by atoms with Gasteiger partial charge >= 0.3 is 24.1 Å². The number of phenolic OH excluding ortho intramolecular Hbond substituents is 1. The largest absolute Gasteiger partial charge is 0.508 e. The quantitative estimate of drug-likeness (QED) is 0.377. The van der Waals surface area contributed by atoms with Crippen LogP contribution in [0.15, 0.2) is 54.6 Å². The molecular formula is C22H25F3N2O7. The molecule has 2 aromatic rings. The first kappa shape index (κ1) is 28.4. The maximum atomic E-state index is 11.2. The number of carboxylic acid groups (broad SMARTS) is 3. The minimum absolute atomic E-state index is 0.111. The number of hydrogen-bond donors (Lipinski definition) is 4. The first-order valence-electron chi connectivity index (χ1n) is 9.87. The first-order chi connectivity index (χ1) is 15.9. The van der Waals surface area contributed by atoms with Crippen LogP contribution >= 0.6 is 0 Å². The zero-order valence-corrected chi connectivity index (χ0v) is 18.0. The van der Waals surface area contributed by atoms with Gasteiger partial charge in [-0.3, -0.25) is 19.4 Å². The fourth-order valence-electron chi connectivity index (χ4n) is 2.82. The summed E-state index contributed by atoms with van der Waals surface area (Å²) in [6.45, 7) is 1.16. The van der Waals surface area contributed by atoms with Crippen molar-refractivity contribution < 1.29 is 48.0 Å². The Morgan fingerprint density at radius 2 is 1.18 bits per heavy atom. The van der Waals surface area contributed by atoms with Gasteiger partial charge in [0.15, 0.2) is 0 Å². The van der Waals surface area contributed by atoms with Crippen molar-refractivity contribution in [1.82, 2.24) is 9.80 Å². The highest BCUT2D eigenvalue weighted by atomic mass is 19.4. The zero-order chi connectivity index (χ0) is 25.7. The van der Waals surface area contributed by atoms with E-state index in [2.05, 4.69) is 0 Å². The van der Waals surface area contributed by atoms with Crippen molar-refractivity contribution in [2.75, 3.05) is 26.2 Å². The first-order valence-corrected chi connectivity index (χ1v) is 9.87. The van der Waals surface area contributed by atoms with Crippen molar-refractivity contribution in [3.8, 4) is 5.75 Å². The van der Waals surface area contributed by atoms with Crippen LogP contribution in [-0.4, -0.2) is 80.5 Å². The summed E-state index contributed by atoms with van der Waals surface area (Å²) in [4.78, 5) is 34.7. The maximum absolute atomic E-state index is 11.2. The zero-order valence-electron chi connectivity index (χ0n) is 18.0. The predicted octanol–water partition coefficient (Wildman–Crippen LogP) is 2.50. The molecule has 2 rings (SSSR count). The molecule has 2 aromatic carbocycles. The molecule has 0 aliphatic carbocycles. The van der Waals surface area contributed by atoms with E-state index in [0.29, 0.717) is 25.2 Å². The van der Waals surface area contributed by atoms with Crippen LogP contribution in [0.1, 0.15) is 11.1 Å². The number of carbonyl (C=O) groups is 3. The fourth-order valence-corrected chi connectivity index (χ4v) is 2.82. The number of hydrogen-bond acceptors (Lipinski definition) is 6. The van der Waals surface area contributed by atoms with Crippen molar-refractivity contribution in [2.24, 2.45) is 0 Å². The second-order valence-electron chi connectivity index (χ2n) is 7.13. The maximum Gasteiger partial charge on any atom is 0.490 e. The van der Waals surface area contributed by atoms with Crippen molar-refractivity contribution in [3.63, 3.8) is 0 Å². The smallest absolute Gasteiger partial charge is 0.490 e. The van der Waals surface area contributed by atoms with Gasteiger partial charge in [0.25, 0.3) is 0 Å². The Hall–Kier alpha value is -3.64. The van der Waals surface area contributed by atoms with Crippen molar-refractivity contribution in [2.45, 2.75) is 19.3 Å². The lowest BCUT2D eigenvalue weighted by molar-refractivity contribution is -0.192.